The van der Waals surface area contributed by atoms with E-state index in [1.165, 1.54) is 23.3 Å². The summed E-state index contributed by atoms with van der Waals surface area (Å²) in [6.07, 6.45) is -1.61. The minimum atomic E-state index is -4.41. The third-order valence-corrected chi connectivity index (χ3v) is 8.02. The lowest BCUT2D eigenvalue weighted by Crippen LogP contribution is -2.49. The number of halogens is 3. The van der Waals surface area contributed by atoms with Gasteiger partial charge in [-0.3, -0.25) is 9.69 Å². The molecule has 9 heteroatoms. The lowest BCUT2D eigenvalue weighted by atomic mass is 9.96. The predicted molar refractivity (Wildman–Crippen MR) is 140 cm³/mol. The van der Waals surface area contributed by atoms with Crippen molar-refractivity contribution < 1.29 is 27.8 Å². The van der Waals surface area contributed by atoms with Crippen LogP contribution in [0.15, 0.2) is 36.4 Å². The molecule has 0 unspecified atom stereocenters. The van der Waals surface area contributed by atoms with Gasteiger partial charge in [-0.1, -0.05) is 6.07 Å². The summed E-state index contributed by atoms with van der Waals surface area (Å²) in [6, 6.07) is 9.17. The first kappa shape index (κ1) is 28.4. The molecule has 2 N–H and O–H groups in total. The van der Waals surface area contributed by atoms with Gasteiger partial charge in [0.1, 0.15) is 5.75 Å². The smallest absolute Gasteiger partial charge is 0.416 e. The van der Waals surface area contributed by atoms with Gasteiger partial charge in [0.2, 0.25) is 0 Å². The molecule has 4 rings (SSSR count). The van der Waals surface area contributed by atoms with E-state index in [2.05, 4.69) is 37.1 Å². The number of likely N-dealkylation sites (tertiary alicyclic amines) is 2. The number of ether oxygens (including phenoxy) is 1. The quantitative estimate of drug-likeness (QED) is 0.409. The van der Waals surface area contributed by atoms with Gasteiger partial charge < -0.3 is 20.1 Å². The Hall–Kier alpha value is -2.62. The topological polar surface area (TPSA) is 65.0 Å². The standard InChI is InChI=1S/C29H38F3N3O3/c1-19-20(2)27(38-15-5-4-12-33-13-14-36)11-10-26(19)21(3)34-17-25-16-24(34)18-35(25)28(37)22-6-8-23(9-7-22)29(30,31)32/h6-11,21,24-25,33,36H,4-5,12-18H2,1-3H3/t21-,24-,25-/m0/s1. The number of aliphatic hydroxyl groups excluding tert-OH is 1. The van der Waals surface area contributed by atoms with E-state index in [0.717, 1.165) is 55.8 Å². The summed E-state index contributed by atoms with van der Waals surface area (Å²) in [6.45, 7) is 10.0. The monoisotopic (exact) mass is 533 g/mol. The third kappa shape index (κ3) is 6.16. The summed E-state index contributed by atoms with van der Waals surface area (Å²) < 4.78 is 44.7. The van der Waals surface area contributed by atoms with Gasteiger partial charge in [0.15, 0.2) is 0 Å². The summed E-state index contributed by atoms with van der Waals surface area (Å²) in [4.78, 5) is 17.3. The van der Waals surface area contributed by atoms with Crippen molar-refractivity contribution in [2.45, 2.75) is 64.3 Å². The van der Waals surface area contributed by atoms with E-state index in [4.69, 9.17) is 9.84 Å². The second-order valence-corrected chi connectivity index (χ2v) is 10.4. The van der Waals surface area contributed by atoms with Gasteiger partial charge in [-0.05, 0) is 93.6 Å². The molecular formula is C29H38F3N3O3. The van der Waals surface area contributed by atoms with Gasteiger partial charge in [-0.15, -0.1) is 0 Å². The number of fused-ring (bicyclic) bond motifs is 2. The molecule has 2 aromatic carbocycles. The van der Waals surface area contributed by atoms with Crippen LogP contribution >= 0.6 is 0 Å². The number of benzene rings is 2. The fourth-order valence-electron chi connectivity index (χ4n) is 5.73. The molecule has 6 nitrogen and oxygen atoms in total. The Morgan fingerprint density at radius 3 is 2.42 bits per heavy atom. The molecule has 2 heterocycles. The molecule has 38 heavy (non-hydrogen) atoms. The van der Waals surface area contributed by atoms with Crippen LogP contribution in [0.3, 0.4) is 0 Å². The number of hydrogen-bond acceptors (Lipinski definition) is 5. The molecule has 2 fully saturated rings. The number of nitrogens with one attached hydrogen (secondary N) is 1. The van der Waals surface area contributed by atoms with Crippen LogP contribution in [0, 0.1) is 13.8 Å². The average Bonchev–Trinajstić information content (AvgIpc) is 3.51. The lowest BCUT2D eigenvalue weighted by molar-refractivity contribution is -0.137. The first-order valence-corrected chi connectivity index (χ1v) is 13.4. The fraction of sp³-hybridized carbons (Fsp3) is 0.552. The van der Waals surface area contributed by atoms with Crippen LogP contribution in [0.25, 0.3) is 0 Å². The Balaban J connectivity index is 1.33. The van der Waals surface area contributed by atoms with E-state index in [9.17, 15) is 18.0 Å². The molecule has 2 saturated heterocycles. The van der Waals surface area contributed by atoms with Crippen LogP contribution < -0.4 is 10.1 Å². The number of hydrogen-bond donors (Lipinski definition) is 2. The minimum Gasteiger partial charge on any atom is -0.493 e. The van der Waals surface area contributed by atoms with Gasteiger partial charge in [-0.2, -0.15) is 13.2 Å². The Bertz CT molecular complexity index is 1110. The predicted octanol–water partition coefficient (Wildman–Crippen LogP) is 4.72. The number of alkyl halides is 3. The number of piperazine rings is 1. The molecular weight excluding hydrogens is 495 g/mol. The number of carbonyl (C=O) groups excluding carboxylic acids is 1. The highest BCUT2D eigenvalue weighted by atomic mass is 19.4. The first-order chi connectivity index (χ1) is 18.1. The summed E-state index contributed by atoms with van der Waals surface area (Å²) >= 11 is 0. The molecule has 0 spiro atoms. The highest BCUT2D eigenvalue weighted by Crippen LogP contribution is 2.40. The summed E-state index contributed by atoms with van der Waals surface area (Å²) in [7, 11) is 0. The van der Waals surface area contributed by atoms with Crippen LogP contribution in [0.1, 0.15) is 64.8 Å². The Kier molecular flexibility index (Phi) is 9.00. The van der Waals surface area contributed by atoms with Gasteiger partial charge in [0, 0.05) is 43.3 Å². The summed E-state index contributed by atoms with van der Waals surface area (Å²) in [5.41, 5.74) is 3.15. The number of nitrogens with zero attached hydrogens (tertiary/aromatic N) is 2. The molecule has 2 bridgehead atoms. The lowest BCUT2D eigenvalue weighted by Gasteiger charge is -2.38. The zero-order valence-corrected chi connectivity index (χ0v) is 22.4. The highest BCUT2D eigenvalue weighted by molar-refractivity contribution is 5.94. The van der Waals surface area contributed by atoms with Crippen molar-refractivity contribution in [2.24, 2.45) is 0 Å². The molecule has 0 aliphatic carbocycles. The van der Waals surface area contributed by atoms with Crippen molar-refractivity contribution in [3.63, 3.8) is 0 Å². The van der Waals surface area contributed by atoms with Crippen molar-refractivity contribution >= 4 is 5.91 Å². The van der Waals surface area contributed by atoms with Crippen molar-refractivity contribution in [1.82, 2.24) is 15.1 Å². The molecule has 2 aliphatic heterocycles. The maximum atomic E-state index is 13.1. The summed E-state index contributed by atoms with van der Waals surface area (Å²) in [5.74, 6) is 0.703. The normalized spacial score (nSPS) is 20.2. The van der Waals surface area contributed by atoms with E-state index in [-0.39, 0.29) is 30.6 Å². The molecule has 208 valence electrons. The van der Waals surface area contributed by atoms with Crippen LogP contribution in [0.5, 0.6) is 5.75 Å². The second kappa shape index (κ2) is 12.1. The van der Waals surface area contributed by atoms with Crippen molar-refractivity contribution in [2.75, 3.05) is 39.4 Å². The number of rotatable bonds is 11. The van der Waals surface area contributed by atoms with E-state index in [1.807, 2.05) is 11.0 Å². The largest absolute Gasteiger partial charge is 0.493 e. The average molecular weight is 534 g/mol. The zero-order chi connectivity index (χ0) is 27.4. The van der Waals surface area contributed by atoms with Crippen LogP contribution in [-0.2, 0) is 6.18 Å². The second-order valence-electron chi connectivity index (χ2n) is 10.4. The number of aliphatic hydroxyl groups is 1. The third-order valence-electron chi connectivity index (χ3n) is 8.02. The molecule has 0 aromatic heterocycles. The van der Waals surface area contributed by atoms with Crippen LogP contribution in [0.4, 0.5) is 13.2 Å². The Morgan fingerprint density at radius 2 is 1.79 bits per heavy atom. The van der Waals surface area contributed by atoms with Crippen LogP contribution in [0.2, 0.25) is 0 Å². The first-order valence-electron chi connectivity index (χ1n) is 13.4. The van der Waals surface area contributed by atoms with E-state index in [1.54, 1.807) is 0 Å². The van der Waals surface area contributed by atoms with Crippen molar-refractivity contribution in [1.29, 1.82) is 0 Å². The molecule has 3 atom stereocenters. The Labute approximate surface area is 222 Å². The fourth-order valence-corrected chi connectivity index (χ4v) is 5.73. The number of amides is 1. The molecule has 0 saturated carbocycles. The van der Waals surface area contributed by atoms with Crippen molar-refractivity contribution in [3.05, 3.63) is 64.2 Å². The van der Waals surface area contributed by atoms with Crippen molar-refractivity contribution in [3.8, 4) is 5.75 Å². The molecule has 2 aliphatic rings. The minimum absolute atomic E-state index is 0.0631. The van der Waals surface area contributed by atoms with E-state index >= 15 is 0 Å². The van der Waals surface area contributed by atoms with Gasteiger partial charge >= 0.3 is 6.18 Å². The maximum absolute atomic E-state index is 13.1. The highest BCUT2D eigenvalue weighted by Gasteiger charge is 2.47. The SMILES string of the molecule is Cc1c(OCCCCNCCO)ccc([C@H](C)N2C[C@@H]3C[C@H]2CN3C(=O)c2ccc(C(F)(F)F)cc2)c1C. The van der Waals surface area contributed by atoms with Crippen LogP contribution in [-0.4, -0.2) is 72.3 Å². The van der Waals surface area contributed by atoms with Gasteiger partial charge in [0.25, 0.3) is 5.91 Å². The molecule has 1 amide bonds. The summed E-state index contributed by atoms with van der Waals surface area (Å²) in [5, 5.41) is 12.0. The van der Waals surface area contributed by atoms with E-state index in [0.29, 0.717) is 25.3 Å². The molecule has 2 aromatic rings. The molecule has 0 radical (unpaired) electrons. The van der Waals surface area contributed by atoms with Gasteiger partial charge in [0.05, 0.1) is 18.8 Å². The van der Waals surface area contributed by atoms with E-state index < -0.39 is 11.7 Å². The Morgan fingerprint density at radius 1 is 1.05 bits per heavy atom. The number of carbonyl (C=O) groups is 1. The van der Waals surface area contributed by atoms with Gasteiger partial charge in [-0.25, -0.2) is 0 Å². The maximum Gasteiger partial charge on any atom is 0.416 e. The number of unbranched alkanes of at least 4 members (excludes halogenated alkanes) is 1. The zero-order valence-electron chi connectivity index (χ0n) is 22.4.